The molecule has 15 heavy (non-hydrogen) atoms. The molecule has 2 N–H and O–H groups in total. The molecule has 1 aliphatic rings. The first-order valence-corrected chi connectivity index (χ1v) is 7.61. The van der Waals surface area contributed by atoms with Gasteiger partial charge in [0.15, 0.2) is 0 Å². The summed E-state index contributed by atoms with van der Waals surface area (Å²) in [6.07, 6.45) is 0. The van der Waals surface area contributed by atoms with Crippen molar-refractivity contribution in [2.24, 2.45) is 0 Å². The van der Waals surface area contributed by atoms with E-state index < -0.39 is 12.2 Å². The van der Waals surface area contributed by atoms with Gasteiger partial charge in [0.2, 0.25) is 6.85 Å². The lowest BCUT2D eigenvalue weighted by molar-refractivity contribution is 0.260. The molecular formula is C8H8Cl3N2OP. The molecule has 0 radical (unpaired) electrons. The van der Waals surface area contributed by atoms with E-state index in [0.717, 1.165) is 16.9 Å². The molecule has 1 atom stereocenters. The van der Waals surface area contributed by atoms with Crippen LogP contribution >= 0.6 is 40.9 Å². The monoisotopic (exact) mass is 284 g/mol. The zero-order chi connectivity index (χ0) is 11.1. The summed E-state index contributed by atoms with van der Waals surface area (Å²) in [5, 5.41) is 4.71. The van der Waals surface area contributed by atoms with Gasteiger partial charge in [-0.3, -0.25) is 4.52 Å². The van der Waals surface area contributed by atoms with E-state index in [9.17, 15) is 0 Å². The first kappa shape index (κ1) is 11.6. The average Bonchev–Trinajstić information content (AvgIpc) is 2.41. The summed E-state index contributed by atoms with van der Waals surface area (Å²) in [6.45, 7) is 0.388. The number of benzene rings is 1. The van der Waals surface area contributed by atoms with Gasteiger partial charge in [0.05, 0.1) is 11.4 Å². The van der Waals surface area contributed by atoms with Gasteiger partial charge in [-0.05, 0) is 52.6 Å². The number of fused-ring (bicyclic) bond motifs is 1. The van der Waals surface area contributed by atoms with Crippen molar-refractivity contribution in [3.8, 4) is 0 Å². The van der Waals surface area contributed by atoms with Crippen molar-refractivity contribution in [1.29, 1.82) is 0 Å². The molecule has 0 aliphatic carbocycles. The average molecular weight is 285 g/mol. The second-order valence-electron chi connectivity index (χ2n) is 3.14. The van der Waals surface area contributed by atoms with Gasteiger partial charge < -0.3 is 10.6 Å². The lowest BCUT2D eigenvalue weighted by atomic mass is 10.2. The Bertz CT molecular complexity index is 390. The molecule has 1 aliphatic heterocycles. The summed E-state index contributed by atoms with van der Waals surface area (Å²) in [5.74, 6) is 0. The third-order valence-corrected chi connectivity index (χ3v) is 3.25. The number of rotatable bonds is 2. The summed E-state index contributed by atoms with van der Waals surface area (Å²) in [6, 6.07) is 5.80. The number of hydrogen-bond donors (Lipinski definition) is 2. The molecule has 1 aromatic rings. The standard InChI is InChI=1S/C8H8Cl3N2OP/c1-5-3-2-4-6-7(5)13-8(9,12-6)14-15(10)11/h2-4,12-13H,1H3. The fourth-order valence-corrected chi connectivity index (χ4v) is 2.96. The number of halogens is 3. The molecule has 1 unspecified atom stereocenters. The molecule has 0 amide bonds. The highest BCUT2D eigenvalue weighted by Gasteiger charge is 2.38. The molecule has 0 aromatic heterocycles. The molecule has 0 fully saturated rings. The van der Waals surface area contributed by atoms with Gasteiger partial charge in [-0.1, -0.05) is 12.1 Å². The number of alkyl halides is 1. The van der Waals surface area contributed by atoms with E-state index in [-0.39, 0.29) is 0 Å². The zero-order valence-electron chi connectivity index (χ0n) is 7.72. The summed E-state index contributed by atoms with van der Waals surface area (Å²) in [4.78, 5) is 0. The van der Waals surface area contributed by atoms with E-state index in [1.165, 1.54) is 0 Å². The van der Waals surface area contributed by atoms with Crippen LogP contribution < -0.4 is 10.6 Å². The second kappa shape index (κ2) is 4.15. The number of anilines is 2. The summed E-state index contributed by atoms with van der Waals surface area (Å²) < 4.78 is 5.18. The van der Waals surface area contributed by atoms with Gasteiger partial charge in [0, 0.05) is 0 Å². The van der Waals surface area contributed by atoms with Crippen molar-refractivity contribution >= 4 is 52.3 Å². The van der Waals surface area contributed by atoms with Gasteiger partial charge >= 0.3 is 5.31 Å². The summed E-state index contributed by atoms with van der Waals surface area (Å²) >= 11 is 17.3. The van der Waals surface area contributed by atoms with Crippen LogP contribution in [0, 0.1) is 6.92 Å². The molecule has 0 spiro atoms. The Morgan fingerprint density at radius 1 is 1.33 bits per heavy atom. The van der Waals surface area contributed by atoms with E-state index in [1.807, 2.05) is 25.1 Å². The van der Waals surface area contributed by atoms with Crippen molar-refractivity contribution in [1.82, 2.24) is 0 Å². The van der Waals surface area contributed by atoms with Crippen LogP contribution in [0.3, 0.4) is 0 Å². The minimum Gasteiger partial charge on any atom is -0.325 e. The highest BCUT2D eigenvalue weighted by molar-refractivity contribution is 8.00. The van der Waals surface area contributed by atoms with Crippen molar-refractivity contribution < 1.29 is 4.52 Å². The maximum Gasteiger partial charge on any atom is 0.305 e. The Morgan fingerprint density at radius 3 is 2.67 bits per heavy atom. The third-order valence-electron chi connectivity index (χ3n) is 2.05. The van der Waals surface area contributed by atoms with Crippen LogP contribution in [-0.4, -0.2) is 5.31 Å². The number of aryl methyl sites for hydroxylation is 1. The Kier molecular flexibility index (Phi) is 3.20. The smallest absolute Gasteiger partial charge is 0.305 e. The highest BCUT2D eigenvalue weighted by atomic mass is 35.9. The van der Waals surface area contributed by atoms with Crippen LogP contribution in [0.4, 0.5) is 11.4 Å². The normalized spacial score (nSPS) is 23.5. The van der Waals surface area contributed by atoms with E-state index in [2.05, 4.69) is 10.6 Å². The largest absolute Gasteiger partial charge is 0.325 e. The van der Waals surface area contributed by atoms with Crippen LogP contribution in [-0.2, 0) is 4.52 Å². The van der Waals surface area contributed by atoms with Crippen LogP contribution in [0.1, 0.15) is 5.56 Å². The van der Waals surface area contributed by atoms with E-state index in [4.69, 9.17) is 38.6 Å². The maximum absolute atomic E-state index is 6.11. The highest BCUT2D eigenvalue weighted by Crippen LogP contribution is 2.54. The lowest BCUT2D eigenvalue weighted by Crippen LogP contribution is -2.36. The van der Waals surface area contributed by atoms with Gasteiger partial charge in [0.25, 0.3) is 0 Å². The number of nitrogens with one attached hydrogen (secondary N) is 2. The molecule has 0 bridgehead atoms. The van der Waals surface area contributed by atoms with Crippen LogP contribution in [0.25, 0.3) is 0 Å². The fraction of sp³-hybridized carbons (Fsp3) is 0.250. The second-order valence-corrected chi connectivity index (χ2v) is 6.62. The van der Waals surface area contributed by atoms with Gasteiger partial charge in [0.1, 0.15) is 0 Å². The maximum atomic E-state index is 6.11. The molecule has 3 nitrogen and oxygen atoms in total. The minimum absolute atomic E-state index is 0.871. The summed E-state index contributed by atoms with van der Waals surface area (Å²) in [7, 11) is 0. The molecule has 2 rings (SSSR count). The molecule has 7 heteroatoms. The SMILES string of the molecule is Cc1cccc2c1NC(Cl)(OP(Cl)Cl)N2. The van der Waals surface area contributed by atoms with E-state index in [0.29, 0.717) is 0 Å². The predicted molar refractivity (Wildman–Crippen MR) is 66.7 cm³/mol. The third kappa shape index (κ3) is 2.43. The molecule has 1 heterocycles. The van der Waals surface area contributed by atoms with Crippen LogP contribution in [0.2, 0.25) is 0 Å². The molecule has 82 valence electrons. The molecule has 0 saturated carbocycles. The van der Waals surface area contributed by atoms with E-state index >= 15 is 0 Å². The van der Waals surface area contributed by atoms with Crippen molar-refractivity contribution in [2.45, 2.75) is 12.2 Å². The Labute approximate surface area is 103 Å². The number of hydrogen-bond acceptors (Lipinski definition) is 3. The van der Waals surface area contributed by atoms with Crippen LogP contribution in [0.5, 0.6) is 0 Å². The number of para-hydroxylation sites is 1. The van der Waals surface area contributed by atoms with Crippen molar-refractivity contribution in [2.75, 3.05) is 10.6 Å². The van der Waals surface area contributed by atoms with Gasteiger partial charge in [-0.15, -0.1) is 0 Å². The Morgan fingerprint density at radius 2 is 2.07 bits per heavy atom. The van der Waals surface area contributed by atoms with Crippen LogP contribution in [0.15, 0.2) is 18.2 Å². The Balaban J connectivity index is 2.25. The first-order chi connectivity index (χ1) is 7.00. The molecule has 0 saturated heterocycles. The minimum atomic E-state index is -1.58. The van der Waals surface area contributed by atoms with Crippen molar-refractivity contribution in [3.05, 3.63) is 23.8 Å². The first-order valence-electron chi connectivity index (χ1n) is 4.16. The molecule has 1 aromatic carbocycles. The quantitative estimate of drug-likeness (QED) is 0.480. The van der Waals surface area contributed by atoms with Gasteiger partial charge in [-0.25, -0.2) is 0 Å². The predicted octanol–water partition coefficient (Wildman–Crippen LogP) is 4.40. The Hall–Kier alpha value is 0.0800. The van der Waals surface area contributed by atoms with Crippen molar-refractivity contribution in [3.63, 3.8) is 0 Å². The zero-order valence-corrected chi connectivity index (χ0v) is 10.9. The van der Waals surface area contributed by atoms with Gasteiger partial charge in [-0.2, -0.15) is 0 Å². The fourth-order valence-electron chi connectivity index (χ4n) is 1.44. The summed E-state index contributed by atoms with van der Waals surface area (Å²) in [5.41, 5.74) is 2.84. The topological polar surface area (TPSA) is 33.3 Å². The molecular weight excluding hydrogens is 277 g/mol. The lowest BCUT2D eigenvalue weighted by Gasteiger charge is -2.22. The van der Waals surface area contributed by atoms with E-state index in [1.54, 1.807) is 0 Å².